The van der Waals surface area contributed by atoms with E-state index in [1.165, 1.54) is 19.2 Å². The van der Waals surface area contributed by atoms with Crippen LogP contribution in [0.1, 0.15) is 24.2 Å². The van der Waals surface area contributed by atoms with Gasteiger partial charge in [0.05, 0.1) is 24.3 Å². The molecule has 0 spiro atoms. The highest BCUT2D eigenvalue weighted by atomic mass is 19.1. The molecule has 0 aliphatic heterocycles. The van der Waals surface area contributed by atoms with Gasteiger partial charge in [0, 0.05) is 6.04 Å². The predicted molar refractivity (Wildman–Crippen MR) is 69.2 cm³/mol. The van der Waals surface area contributed by atoms with E-state index in [9.17, 15) is 14.0 Å². The molecule has 1 amide bonds. The molecule has 2 atom stereocenters. The molecular formula is C13H17FN2O3. The second-order valence-electron chi connectivity index (χ2n) is 4.32. The highest BCUT2D eigenvalue weighted by molar-refractivity contribution is 5.95. The Bertz CT molecular complexity index is 489. The van der Waals surface area contributed by atoms with Crippen molar-refractivity contribution in [1.29, 1.82) is 0 Å². The molecule has 2 unspecified atom stereocenters. The number of carbonyl (C=O) groups excluding carboxylic acids is 2. The molecule has 0 saturated heterocycles. The molecule has 0 aliphatic rings. The Labute approximate surface area is 110 Å². The van der Waals surface area contributed by atoms with Crippen molar-refractivity contribution in [1.82, 2.24) is 0 Å². The van der Waals surface area contributed by atoms with E-state index in [2.05, 4.69) is 10.1 Å². The first-order valence-corrected chi connectivity index (χ1v) is 5.81. The fraction of sp³-hybridized carbons (Fsp3) is 0.385. The minimum Gasteiger partial charge on any atom is -0.465 e. The highest BCUT2D eigenvalue weighted by Crippen LogP contribution is 2.18. The van der Waals surface area contributed by atoms with Gasteiger partial charge < -0.3 is 15.8 Å². The maximum absolute atomic E-state index is 13.6. The minimum absolute atomic E-state index is 0.0691. The van der Waals surface area contributed by atoms with Crippen LogP contribution in [0.15, 0.2) is 18.2 Å². The molecular weight excluding hydrogens is 251 g/mol. The van der Waals surface area contributed by atoms with E-state index in [0.29, 0.717) is 0 Å². The van der Waals surface area contributed by atoms with Crippen LogP contribution in [-0.2, 0) is 9.53 Å². The molecule has 19 heavy (non-hydrogen) atoms. The van der Waals surface area contributed by atoms with Crippen molar-refractivity contribution in [2.75, 3.05) is 12.4 Å². The standard InChI is InChI=1S/C13H17FN2O3/c1-7(8(2)15)12(17)16-11-6-9(13(18)19-3)4-5-10(11)14/h4-8H,15H2,1-3H3,(H,16,17). The lowest BCUT2D eigenvalue weighted by Crippen LogP contribution is -2.34. The number of ether oxygens (including phenoxy) is 1. The zero-order valence-corrected chi connectivity index (χ0v) is 11.1. The van der Waals surface area contributed by atoms with Crippen LogP contribution in [0.5, 0.6) is 0 Å². The number of halogens is 1. The summed E-state index contributed by atoms with van der Waals surface area (Å²) in [6.45, 7) is 3.33. The smallest absolute Gasteiger partial charge is 0.337 e. The number of carbonyl (C=O) groups is 2. The second kappa shape index (κ2) is 6.29. The molecule has 0 bridgehead atoms. The molecule has 1 rings (SSSR count). The minimum atomic E-state index is -0.627. The fourth-order valence-corrected chi connectivity index (χ4v) is 1.35. The summed E-state index contributed by atoms with van der Waals surface area (Å²) in [6.07, 6.45) is 0. The Balaban J connectivity index is 2.94. The van der Waals surface area contributed by atoms with E-state index in [4.69, 9.17) is 5.73 Å². The molecule has 0 aliphatic carbocycles. The third-order valence-corrected chi connectivity index (χ3v) is 2.85. The normalized spacial score (nSPS) is 13.5. The zero-order valence-electron chi connectivity index (χ0n) is 11.1. The van der Waals surface area contributed by atoms with Gasteiger partial charge in [0.15, 0.2) is 0 Å². The molecule has 0 aromatic heterocycles. The number of nitrogens with two attached hydrogens (primary N) is 1. The van der Waals surface area contributed by atoms with Gasteiger partial charge in [-0.15, -0.1) is 0 Å². The van der Waals surface area contributed by atoms with Gasteiger partial charge in [-0.05, 0) is 25.1 Å². The lowest BCUT2D eigenvalue weighted by Gasteiger charge is -2.16. The number of hydrogen-bond donors (Lipinski definition) is 2. The van der Waals surface area contributed by atoms with Crippen molar-refractivity contribution >= 4 is 17.6 Å². The number of esters is 1. The third kappa shape index (κ3) is 3.75. The van der Waals surface area contributed by atoms with Gasteiger partial charge in [-0.1, -0.05) is 6.92 Å². The van der Waals surface area contributed by atoms with Crippen LogP contribution in [0.4, 0.5) is 10.1 Å². The van der Waals surface area contributed by atoms with Crippen LogP contribution in [0.25, 0.3) is 0 Å². The number of methoxy groups -OCH3 is 1. The van der Waals surface area contributed by atoms with Gasteiger partial charge in [0.2, 0.25) is 5.91 Å². The molecule has 1 aromatic rings. The van der Waals surface area contributed by atoms with Crippen LogP contribution >= 0.6 is 0 Å². The highest BCUT2D eigenvalue weighted by Gasteiger charge is 2.19. The first kappa shape index (κ1) is 15.1. The van der Waals surface area contributed by atoms with E-state index < -0.39 is 23.6 Å². The lowest BCUT2D eigenvalue weighted by atomic mass is 10.0. The average molecular weight is 268 g/mol. The molecule has 0 radical (unpaired) electrons. The fourth-order valence-electron chi connectivity index (χ4n) is 1.35. The van der Waals surface area contributed by atoms with Crippen molar-refractivity contribution in [2.45, 2.75) is 19.9 Å². The van der Waals surface area contributed by atoms with Crippen molar-refractivity contribution in [3.05, 3.63) is 29.6 Å². The second-order valence-corrected chi connectivity index (χ2v) is 4.32. The third-order valence-electron chi connectivity index (χ3n) is 2.85. The summed E-state index contributed by atoms with van der Waals surface area (Å²) < 4.78 is 18.1. The number of anilines is 1. The molecule has 6 heteroatoms. The first-order valence-electron chi connectivity index (χ1n) is 5.81. The van der Waals surface area contributed by atoms with E-state index in [1.807, 2.05) is 0 Å². The van der Waals surface area contributed by atoms with Gasteiger partial charge in [-0.25, -0.2) is 9.18 Å². The van der Waals surface area contributed by atoms with Gasteiger partial charge >= 0.3 is 5.97 Å². The van der Waals surface area contributed by atoms with Crippen LogP contribution in [0, 0.1) is 11.7 Å². The van der Waals surface area contributed by atoms with Crippen LogP contribution in [0.2, 0.25) is 0 Å². The Morgan fingerprint density at radius 2 is 2.00 bits per heavy atom. The average Bonchev–Trinajstić information content (AvgIpc) is 2.39. The van der Waals surface area contributed by atoms with Crippen molar-refractivity contribution in [3.63, 3.8) is 0 Å². The van der Waals surface area contributed by atoms with Crippen molar-refractivity contribution < 1.29 is 18.7 Å². The van der Waals surface area contributed by atoms with Gasteiger partial charge in [0.1, 0.15) is 5.82 Å². The summed E-state index contributed by atoms with van der Waals surface area (Å²) in [6, 6.07) is 3.25. The van der Waals surface area contributed by atoms with E-state index in [0.717, 1.165) is 6.07 Å². The Kier molecular flexibility index (Phi) is 5.00. The summed E-state index contributed by atoms with van der Waals surface area (Å²) in [4.78, 5) is 23.1. The molecule has 1 aromatic carbocycles. The number of benzene rings is 1. The van der Waals surface area contributed by atoms with Gasteiger partial charge in [0.25, 0.3) is 0 Å². The molecule has 104 valence electrons. The number of amides is 1. The lowest BCUT2D eigenvalue weighted by molar-refractivity contribution is -0.119. The quantitative estimate of drug-likeness (QED) is 0.811. The molecule has 3 N–H and O–H groups in total. The van der Waals surface area contributed by atoms with Crippen LogP contribution < -0.4 is 11.1 Å². The van der Waals surface area contributed by atoms with Crippen molar-refractivity contribution in [3.8, 4) is 0 Å². The molecule has 5 nitrogen and oxygen atoms in total. The SMILES string of the molecule is COC(=O)c1ccc(F)c(NC(=O)C(C)C(C)N)c1. The largest absolute Gasteiger partial charge is 0.465 e. The maximum atomic E-state index is 13.6. The first-order chi connectivity index (χ1) is 8.86. The van der Waals surface area contributed by atoms with Gasteiger partial charge in [-0.2, -0.15) is 0 Å². The Morgan fingerprint density at radius 1 is 1.37 bits per heavy atom. The van der Waals surface area contributed by atoms with Crippen LogP contribution in [0.3, 0.4) is 0 Å². The van der Waals surface area contributed by atoms with Crippen molar-refractivity contribution in [2.24, 2.45) is 11.7 Å². The molecule has 0 heterocycles. The van der Waals surface area contributed by atoms with E-state index in [1.54, 1.807) is 13.8 Å². The topological polar surface area (TPSA) is 81.4 Å². The number of hydrogen-bond acceptors (Lipinski definition) is 4. The van der Waals surface area contributed by atoms with E-state index >= 15 is 0 Å². The number of nitrogens with one attached hydrogen (secondary N) is 1. The van der Waals surface area contributed by atoms with Crippen LogP contribution in [-0.4, -0.2) is 25.0 Å². The summed E-state index contributed by atoms with van der Waals surface area (Å²) in [7, 11) is 1.22. The monoisotopic (exact) mass is 268 g/mol. The summed E-state index contributed by atoms with van der Waals surface area (Å²) in [5.74, 6) is -2.11. The predicted octanol–water partition coefficient (Wildman–Crippen LogP) is 1.53. The number of rotatable bonds is 4. The molecule has 0 saturated carbocycles. The zero-order chi connectivity index (χ0) is 14.6. The summed E-state index contributed by atoms with van der Waals surface area (Å²) >= 11 is 0. The van der Waals surface area contributed by atoms with Gasteiger partial charge in [-0.3, -0.25) is 4.79 Å². The summed E-state index contributed by atoms with van der Waals surface area (Å²) in [5, 5.41) is 2.41. The Hall–Kier alpha value is -1.95. The van der Waals surface area contributed by atoms with E-state index in [-0.39, 0.29) is 17.3 Å². The Morgan fingerprint density at radius 3 is 2.53 bits per heavy atom. The molecule has 0 fully saturated rings. The summed E-state index contributed by atoms with van der Waals surface area (Å²) in [5.41, 5.74) is 5.69. The maximum Gasteiger partial charge on any atom is 0.337 e.